The summed E-state index contributed by atoms with van der Waals surface area (Å²) in [5, 5.41) is 1.61. The maximum absolute atomic E-state index is 6.48. The van der Waals surface area contributed by atoms with Gasteiger partial charge >= 0.3 is 0 Å². The van der Waals surface area contributed by atoms with Crippen molar-refractivity contribution in [1.29, 1.82) is 0 Å². The number of hydrogen-bond acceptors (Lipinski definition) is 2. The molecule has 3 heteroatoms. The zero-order valence-corrected chi connectivity index (χ0v) is 22.5. The highest BCUT2D eigenvalue weighted by molar-refractivity contribution is 7.68. The fourth-order valence-electron chi connectivity index (χ4n) is 4.79. The molecule has 0 fully saturated rings. The van der Waals surface area contributed by atoms with Gasteiger partial charge in [0.25, 0.3) is 0 Å². The molecular weight excluding hydrogens is 447 g/mol. The Balaban J connectivity index is 1.95. The van der Waals surface area contributed by atoms with Gasteiger partial charge in [-0.15, -0.1) is 0 Å². The monoisotopic (exact) mass is 482 g/mol. The van der Waals surface area contributed by atoms with Crippen molar-refractivity contribution in [2.75, 3.05) is 0 Å². The number of benzene rings is 4. The third-order valence-electron chi connectivity index (χ3n) is 5.69. The van der Waals surface area contributed by atoms with Crippen molar-refractivity contribution >= 4 is 13.2 Å². The molecule has 0 aromatic heterocycles. The van der Waals surface area contributed by atoms with Gasteiger partial charge in [-0.05, 0) is 57.6 Å². The van der Waals surface area contributed by atoms with E-state index in [-0.39, 0.29) is 10.3 Å². The number of ether oxygens (including phenoxy) is 2. The minimum Gasteiger partial charge on any atom is -0.457 e. The molecule has 0 aliphatic rings. The number of para-hydroxylation sites is 2. The molecule has 0 saturated heterocycles. The Hall–Kier alpha value is -3.09. The average molecular weight is 483 g/mol. The molecule has 0 unspecified atom stereocenters. The van der Waals surface area contributed by atoms with Crippen LogP contribution in [0.3, 0.4) is 0 Å². The lowest BCUT2D eigenvalue weighted by molar-refractivity contribution is 0.463. The van der Waals surface area contributed by atoms with E-state index in [9.17, 15) is 0 Å². The second-order valence-electron chi connectivity index (χ2n) is 10.7. The molecule has 0 spiro atoms. The van der Waals surface area contributed by atoms with Crippen molar-refractivity contribution in [2.45, 2.75) is 51.9 Å². The van der Waals surface area contributed by atoms with Gasteiger partial charge in [0.2, 0.25) is 0 Å². The van der Waals surface area contributed by atoms with Gasteiger partial charge < -0.3 is 9.47 Å². The second kappa shape index (κ2) is 10.3. The fourth-order valence-corrected chi connectivity index (χ4v) is 8.91. The Morgan fingerprint density at radius 2 is 0.914 bits per heavy atom. The van der Waals surface area contributed by atoms with E-state index in [2.05, 4.69) is 65.8 Å². The van der Waals surface area contributed by atoms with Gasteiger partial charge in [-0.3, -0.25) is 0 Å². The first-order valence-electron chi connectivity index (χ1n) is 12.1. The molecule has 4 rings (SSSR count). The minimum absolute atomic E-state index is 0.124. The van der Waals surface area contributed by atoms with E-state index in [0.717, 1.165) is 28.6 Å². The van der Waals surface area contributed by atoms with Gasteiger partial charge in [-0.1, -0.05) is 116 Å². The standard InChI is InChI=1S/C32H35O2P/c1-31(2,3)35(32(4,5)6)29-23-14-13-20-26(29)30-27(33-24-16-9-7-10-17-24)21-15-22-28(30)34-25-18-11-8-12-19-25/h7-23H,1-6H3. The van der Waals surface area contributed by atoms with E-state index in [1.807, 2.05) is 78.9 Å². The normalized spacial score (nSPS) is 12.0. The van der Waals surface area contributed by atoms with Crippen LogP contribution >= 0.6 is 7.92 Å². The van der Waals surface area contributed by atoms with Crippen molar-refractivity contribution in [2.24, 2.45) is 0 Å². The van der Waals surface area contributed by atoms with Crippen LogP contribution in [0.25, 0.3) is 11.1 Å². The summed E-state index contributed by atoms with van der Waals surface area (Å²) in [7, 11) is -0.537. The largest absolute Gasteiger partial charge is 0.457 e. The summed E-state index contributed by atoms with van der Waals surface area (Å²) in [6.45, 7) is 14.1. The molecule has 0 saturated carbocycles. The predicted octanol–water partition coefficient (Wildman–Crippen LogP) is 9.64. The highest BCUT2D eigenvalue weighted by Crippen LogP contribution is 2.60. The third-order valence-corrected chi connectivity index (χ3v) is 9.24. The van der Waals surface area contributed by atoms with E-state index < -0.39 is 7.92 Å². The van der Waals surface area contributed by atoms with Crippen LogP contribution in [0.2, 0.25) is 0 Å². The fraction of sp³-hybridized carbons (Fsp3) is 0.250. The van der Waals surface area contributed by atoms with Crippen molar-refractivity contribution in [3.8, 4) is 34.1 Å². The molecular formula is C32H35O2P. The first-order valence-corrected chi connectivity index (χ1v) is 13.5. The summed E-state index contributed by atoms with van der Waals surface area (Å²) in [6.07, 6.45) is 0. The van der Waals surface area contributed by atoms with Crippen molar-refractivity contribution in [1.82, 2.24) is 0 Å². The third kappa shape index (κ3) is 5.95. The van der Waals surface area contributed by atoms with Crippen LogP contribution in [-0.4, -0.2) is 10.3 Å². The predicted molar refractivity (Wildman–Crippen MR) is 151 cm³/mol. The minimum atomic E-state index is -0.537. The molecule has 35 heavy (non-hydrogen) atoms. The van der Waals surface area contributed by atoms with Crippen LogP contribution in [0.1, 0.15) is 41.5 Å². The van der Waals surface area contributed by atoms with E-state index >= 15 is 0 Å². The average Bonchev–Trinajstić information content (AvgIpc) is 2.79. The van der Waals surface area contributed by atoms with Crippen LogP contribution in [0.15, 0.2) is 103 Å². The first-order chi connectivity index (χ1) is 16.6. The van der Waals surface area contributed by atoms with Crippen LogP contribution < -0.4 is 14.8 Å². The molecule has 0 bridgehead atoms. The molecule has 0 radical (unpaired) electrons. The molecule has 180 valence electrons. The van der Waals surface area contributed by atoms with Crippen LogP contribution in [-0.2, 0) is 0 Å². The van der Waals surface area contributed by atoms with Crippen LogP contribution in [0, 0.1) is 0 Å². The van der Waals surface area contributed by atoms with Gasteiger partial charge in [-0.25, -0.2) is 0 Å². The number of hydrogen-bond donors (Lipinski definition) is 0. The van der Waals surface area contributed by atoms with E-state index in [0.29, 0.717) is 0 Å². The lowest BCUT2D eigenvalue weighted by atomic mass is 10.0. The quantitative estimate of drug-likeness (QED) is 0.255. The van der Waals surface area contributed by atoms with Crippen molar-refractivity contribution in [3.05, 3.63) is 103 Å². The highest BCUT2D eigenvalue weighted by Gasteiger charge is 2.37. The summed E-state index contributed by atoms with van der Waals surface area (Å²) in [6, 6.07) is 34.7. The SMILES string of the molecule is CC(C)(C)P(c1ccccc1-c1c(Oc2ccccc2)cccc1Oc1ccccc1)C(C)(C)C. The summed E-state index contributed by atoms with van der Waals surface area (Å²) >= 11 is 0. The Bertz CT molecular complexity index is 1180. The lowest BCUT2D eigenvalue weighted by Gasteiger charge is -2.42. The molecule has 4 aromatic carbocycles. The molecule has 0 aliphatic carbocycles. The second-order valence-corrected chi connectivity index (χ2v) is 14.5. The molecule has 0 atom stereocenters. The Morgan fingerprint density at radius 1 is 0.486 bits per heavy atom. The molecule has 0 N–H and O–H groups in total. The molecule has 0 amide bonds. The summed E-state index contributed by atoms with van der Waals surface area (Å²) < 4.78 is 13.0. The van der Waals surface area contributed by atoms with Crippen LogP contribution in [0.4, 0.5) is 0 Å². The Kier molecular flexibility index (Phi) is 7.33. The lowest BCUT2D eigenvalue weighted by Crippen LogP contribution is -2.31. The summed E-state index contributed by atoms with van der Waals surface area (Å²) in [5.41, 5.74) is 2.15. The van der Waals surface area contributed by atoms with Gasteiger partial charge in [-0.2, -0.15) is 0 Å². The smallest absolute Gasteiger partial charge is 0.139 e. The molecule has 4 aromatic rings. The van der Waals surface area contributed by atoms with E-state index in [1.54, 1.807) is 0 Å². The van der Waals surface area contributed by atoms with E-state index in [4.69, 9.17) is 9.47 Å². The first kappa shape index (κ1) is 25.0. The summed E-state index contributed by atoms with van der Waals surface area (Å²) in [4.78, 5) is 0. The maximum atomic E-state index is 6.48. The molecule has 0 heterocycles. The van der Waals surface area contributed by atoms with Gasteiger partial charge in [0.1, 0.15) is 23.0 Å². The van der Waals surface area contributed by atoms with Gasteiger partial charge in [0, 0.05) is 0 Å². The van der Waals surface area contributed by atoms with Crippen molar-refractivity contribution < 1.29 is 9.47 Å². The Morgan fingerprint density at radius 3 is 1.37 bits per heavy atom. The van der Waals surface area contributed by atoms with Crippen molar-refractivity contribution in [3.63, 3.8) is 0 Å². The Labute approximate surface area is 211 Å². The topological polar surface area (TPSA) is 18.5 Å². The number of rotatable bonds is 6. The summed E-state index contributed by atoms with van der Waals surface area (Å²) in [5.74, 6) is 3.18. The maximum Gasteiger partial charge on any atom is 0.139 e. The molecule has 0 aliphatic heterocycles. The van der Waals surface area contributed by atoms with E-state index in [1.165, 1.54) is 10.9 Å². The zero-order chi connectivity index (χ0) is 25.1. The zero-order valence-electron chi connectivity index (χ0n) is 21.6. The molecule has 2 nitrogen and oxygen atoms in total. The van der Waals surface area contributed by atoms with Gasteiger partial charge in [0.15, 0.2) is 0 Å². The highest BCUT2D eigenvalue weighted by atomic mass is 31.1. The van der Waals surface area contributed by atoms with Gasteiger partial charge in [0.05, 0.1) is 5.56 Å². The van der Waals surface area contributed by atoms with Crippen LogP contribution in [0.5, 0.6) is 23.0 Å².